The molecule has 1 aliphatic carbocycles. The quantitative estimate of drug-likeness (QED) is 0.813. The van der Waals surface area contributed by atoms with Crippen LogP contribution in [0.5, 0.6) is 0 Å². The standard InChI is InChI=1S/C13H23NO4/c1-10(2)18-9-11(15)14(3)13(12(16)17)7-5-4-6-8-13/h10H,4-9H2,1-3H3,(H,16,17). The van der Waals surface area contributed by atoms with Crippen LogP contribution in [0.3, 0.4) is 0 Å². The molecule has 0 atom stereocenters. The van der Waals surface area contributed by atoms with Gasteiger partial charge in [0.15, 0.2) is 0 Å². The SMILES string of the molecule is CC(C)OCC(=O)N(C)C1(C(=O)O)CCCCC1. The van der Waals surface area contributed by atoms with Gasteiger partial charge in [-0.3, -0.25) is 4.79 Å². The maximum Gasteiger partial charge on any atom is 0.329 e. The lowest BCUT2D eigenvalue weighted by atomic mass is 9.80. The molecule has 0 aromatic heterocycles. The normalized spacial score (nSPS) is 18.7. The Hall–Kier alpha value is -1.10. The minimum atomic E-state index is -1.03. The van der Waals surface area contributed by atoms with Crippen molar-refractivity contribution in [2.45, 2.75) is 57.6 Å². The molecule has 5 heteroatoms. The summed E-state index contributed by atoms with van der Waals surface area (Å²) < 4.78 is 5.26. The zero-order chi connectivity index (χ0) is 13.8. The summed E-state index contributed by atoms with van der Waals surface area (Å²) in [7, 11) is 1.57. The van der Waals surface area contributed by atoms with Crippen LogP contribution in [0.25, 0.3) is 0 Å². The molecule has 1 saturated carbocycles. The van der Waals surface area contributed by atoms with Gasteiger partial charge in [-0.15, -0.1) is 0 Å². The summed E-state index contributed by atoms with van der Waals surface area (Å²) >= 11 is 0. The van der Waals surface area contributed by atoms with Crippen LogP contribution < -0.4 is 0 Å². The lowest BCUT2D eigenvalue weighted by Crippen LogP contribution is -2.57. The number of hydrogen-bond donors (Lipinski definition) is 1. The van der Waals surface area contributed by atoms with E-state index >= 15 is 0 Å². The highest BCUT2D eigenvalue weighted by Gasteiger charge is 2.45. The fraction of sp³-hybridized carbons (Fsp3) is 0.846. The third-order valence-electron chi connectivity index (χ3n) is 3.64. The van der Waals surface area contributed by atoms with E-state index in [1.54, 1.807) is 7.05 Å². The van der Waals surface area contributed by atoms with Gasteiger partial charge in [0.25, 0.3) is 0 Å². The largest absolute Gasteiger partial charge is 0.479 e. The van der Waals surface area contributed by atoms with E-state index in [2.05, 4.69) is 0 Å². The minimum Gasteiger partial charge on any atom is -0.479 e. The van der Waals surface area contributed by atoms with Crippen LogP contribution in [0.4, 0.5) is 0 Å². The van der Waals surface area contributed by atoms with Crippen molar-refractivity contribution in [2.24, 2.45) is 0 Å². The van der Waals surface area contributed by atoms with Crippen molar-refractivity contribution < 1.29 is 19.4 Å². The van der Waals surface area contributed by atoms with Crippen molar-refractivity contribution in [3.8, 4) is 0 Å². The molecule has 104 valence electrons. The Morgan fingerprint density at radius 3 is 2.28 bits per heavy atom. The van der Waals surface area contributed by atoms with Gasteiger partial charge in [0, 0.05) is 7.05 Å². The lowest BCUT2D eigenvalue weighted by molar-refractivity contribution is -0.162. The number of ether oxygens (including phenoxy) is 1. The molecule has 0 bridgehead atoms. The van der Waals surface area contributed by atoms with Crippen molar-refractivity contribution >= 4 is 11.9 Å². The van der Waals surface area contributed by atoms with E-state index in [1.165, 1.54) is 4.90 Å². The van der Waals surface area contributed by atoms with Crippen LogP contribution in [0.1, 0.15) is 46.0 Å². The average molecular weight is 257 g/mol. The molecule has 0 aromatic rings. The van der Waals surface area contributed by atoms with Crippen LogP contribution >= 0.6 is 0 Å². The van der Waals surface area contributed by atoms with E-state index in [1.807, 2.05) is 13.8 Å². The second-order valence-electron chi connectivity index (χ2n) is 5.21. The number of carbonyl (C=O) groups is 2. The number of aliphatic carboxylic acids is 1. The molecule has 0 saturated heterocycles. The molecule has 0 heterocycles. The monoisotopic (exact) mass is 257 g/mol. The summed E-state index contributed by atoms with van der Waals surface area (Å²) in [6, 6.07) is 0. The molecule has 1 fully saturated rings. The molecule has 1 aliphatic rings. The Morgan fingerprint density at radius 2 is 1.83 bits per heavy atom. The van der Waals surface area contributed by atoms with Crippen LogP contribution in [0, 0.1) is 0 Å². The Kier molecular flexibility index (Phi) is 5.14. The molecule has 0 aromatic carbocycles. The molecule has 1 amide bonds. The molecule has 0 spiro atoms. The zero-order valence-electron chi connectivity index (χ0n) is 11.4. The number of rotatable bonds is 5. The Labute approximate surface area is 108 Å². The van der Waals surface area contributed by atoms with Gasteiger partial charge in [-0.2, -0.15) is 0 Å². The summed E-state index contributed by atoms with van der Waals surface area (Å²) in [5, 5.41) is 9.45. The van der Waals surface area contributed by atoms with Crippen LogP contribution in [-0.4, -0.2) is 47.2 Å². The van der Waals surface area contributed by atoms with E-state index in [9.17, 15) is 14.7 Å². The highest BCUT2D eigenvalue weighted by Crippen LogP contribution is 2.33. The number of nitrogens with zero attached hydrogens (tertiary/aromatic N) is 1. The molecular formula is C13H23NO4. The van der Waals surface area contributed by atoms with Crippen molar-refractivity contribution in [3.05, 3.63) is 0 Å². The van der Waals surface area contributed by atoms with Gasteiger partial charge in [0.2, 0.25) is 5.91 Å². The molecule has 18 heavy (non-hydrogen) atoms. The first-order valence-electron chi connectivity index (χ1n) is 6.52. The first-order valence-corrected chi connectivity index (χ1v) is 6.52. The highest BCUT2D eigenvalue weighted by atomic mass is 16.5. The number of carbonyl (C=O) groups excluding carboxylic acids is 1. The van der Waals surface area contributed by atoms with Crippen molar-refractivity contribution in [3.63, 3.8) is 0 Å². The van der Waals surface area contributed by atoms with E-state index in [0.717, 1.165) is 19.3 Å². The summed E-state index contributed by atoms with van der Waals surface area (Å²) in [6.45, 7) is 3.64. The van der Waals surface area contributed by atoms with Gasteiger partial charge in [-0.25, -0.2) is 4.79 Å². The molecular weight excluding hydrogens is 234 g/mol. The van der Waals surface area contributed by atoms with Crippen LogP contribution in [0.15, 0.2) is 0 Å². The fourth-order valence-corrected chi connectivity index (χ4v) is 2.40. The summed E-state index contributed by atoms with van der Waals surface area (Å²) in [4.78, 5) is 24.9. The maximum absolute atomic E-state index is 12.0. The van der Waals surface area contributed by atoms with E-state index in [0.29, 0.717) is 12.8 Å². The van der Waals surface area contributed by atoms with Crippen molar-refractivity contribution in [1.29, 1.82) is 0 Å². The molecule has 0 unspecified atom stereocenters. The Morgan fingerprint density at radius 1 is 1.28 bits per heavy atom. The zero-order valence-corrected chi connectivity index (χ0v) is 11.4. The van der Waals surface area contributed by atoms with E-state index in [4.69, 9.17) is 4.74 Å². The lowest BCUT2D eigenvalue weighted by Gasteiger charge is -2.41. The molecule has 1 rings (SSSR count). The molecule has 5 nitrogen and oxygen atoms in total. The number of carboxylic acid groups (broad SMARTS) is 1. The van der Waals surface area contributed by atoms with Gasteiger partial charge in [0.05, 0.1) is 6.10 Å². The first-order chi connectivity index (χ1) is 8.40. The van der Waals surface area contributed by atoms with E-state index < -0.39 is 11.5 Å². The maximum atomic E-state index is 12.0. The van der Waals surface area contributed by atoms with E-state index in [-0.39, 0.29) is 18.6 Å². The predicted molar refractivity (Wildman–Crippen MR) is 67.3 cm³/mol. The Balaban J connectivity index is 2.73. The summed E-state index contributed by atoms with van der Waals surface area (Å²) in [5.74, 6) is -1.16. The Bertz CT molecular complexity index is 308. The van der Waals surface area contributed by atoms with Gasteiger partial charge in [-0.1, -0.05) is 19.3 Å². The van der Waals surface area contributed by atoms with Crippen LogP contribution in [-0.2, 0) is 14.3 Å². The summed E-state index contributed by atoms with van der Waals surface area (Å²) in [5.41, 5.74) is -1.03. The predicted octanol–water partition coefficient (Wildman–Crippen LogP) is 1.66. The third-order valence-corrected chi connectivity index (χ3v) is 3.64. The summed E-state index contributed by atoms with van der Waals surface area (Å²) in [6.07, 6.45) is 3.79. The fourth-order valence-electron chi connectivity index (χ4n) is 2.40. The number of carboxylic acids is 1. The van der Waals surface area contributed by atoms with Gasteiger partial charge < -0.3 is 14.7 Å². The molecule has 0 radical (unpaired) electrons. The van der Waals surface area contributed by atoms with Crippen LogP contribution in [0.2, 0.25) is 0 Å². The first kappa shape index (κ1) is 15.0. The smallest absolute Gasteiger partial charge is 0.329 e. The number of amides is 1. The second kappa shape index (κ2) is 6.18. The molecule has 1 N–H and O–H groups in total. The number of likely N-dealkylation sites (N-methyl/N-ethyl adjacent to an activating group) is 1. The average Bonchev–Trinajstić information content (AvgIpc) is 2.35. The number of hydrogen-bond acceptors (Lipinski definition) is 3. The highest BCUT2D eigenvalue weighted by molar-refractivity contribution is 5.87. The van der Waals surface area contributed by atoms with Crippen molar-refractivity contribution in [1.82, 2.24) is 4.90 Å². The van der Waals surface area contributed by atoms with Gasteiger partial charge >= 0.3 is 5.97 Å². The molecule has 0 aliphatic heterocycles. The topological polar surface area (TPSA) is 66.8 Å². The van der Waals surface area contributed by atoms with Gasteiger partial charge in [-0.05, 0) is 26.7 Å². The van der Waals surface area contributed by atoms with Gasteiger partial charge in [0.1, 0.15) is 12.1 Å². The second-order valence-corrected chi connectivity index (χ2v) is 5.21. The van der Waals surface area contributed by atoms with Crippen molar-refractivity contribution in [2.75, 3.05) is 13.7 Å². The minimum absolute atomic E-state index is 0.0329. The third kappa shape index (κ3) is 3.22.